The Morgan fingerprint density at radius 3 is 2.06 bits per heavy atom. The summed E-state index contributed by atoms with van der Waals surface area (Å²) in [5, 5.41) is 13.4. The maximum Gasteiger partial charge on any atom is 0.305 e. The molecule has 3 N–H and O–H groups in total. The van der Waals surface area contributed by atoms with E-state index in [4.69, 9.17) is 5.11 Å². The van der Waals surface area contributed by atoms with Gasteiger partial charge in [0.05, 0.1) is 6.42 Å². The Balaban J connectivity index is 3.43. The van der Waals surface area contributed by atoms with Crippen molar-refractivity contribution in [2.75, 3.05) is 13.1 Å². The van der Waals surface area contributed by atoms with Crippen LogP contribution in [-0.2, 0) is 14.4 Å². The predicted octanol–water partition coefficient (Wildman–Crippen LogP) is -0.116. The molecular weight excluding hydrogens is 212 g/mol. The number of hydrogen-bond acceptors (Lipinski definition) is 3. The van der Waals surface area contributed by atoms with E-state index in [1.807, 2.05) is 6.92 Å². The summed E-state index contributed by atoms with van der Waals surface area (Å²) >= 11 is 0. The van der Waals surface area contributed by atoms with Gasteiger partial charge in [-0.05, 0) is 13.3 Å². The van der Waals surface area contributed by atoms with Crippen LogP contribution in [0.25, 0.3) is 0 Å². The molecule has 0 heterocycles. The van der Waals surface area contributed by atoms with E-state index >= 15 is 0 Å². The lowest BCUT2D eigenvalue weighted by Gasteiger charge is -2.03. The molecule has 0 bridgehead atoms. The molecule has 0 rings (SSSR count). The number of nitrogens with one attached hydrogen (secondary N) is 2. The van der Waals surface area contributed by atoms with Crippen LogP contribution in [0.5, 0.6) is 0 Å². The minimum Gasteiger partial charge on any atom is -0.481 e. The summed E-state index contributed by atoms with van der Waals surface area (Å²) in [5.74, 6) is -1.23. The molecule has 0 aliphatic carbocycles. The highest BCUT2D eigenvalue weighted by atomic mass is 16.4. The van der Waals surface area contributed by atoms with E-state index in [1.165, 1.54) is 0 Å². The molecule has 0 aromatic carbocycles. The lowest BCUT2D eigenvalue weighted by atomic mass is 10.2. The van der Waals surface area contributed by atoms with Gasteiger partial charge in [-0.2, -0.15) is 0 Å². The van der Waals surface area contributed by atoms with Crippen molar-refractivity contribution in [2.45, 2.75) is 32.6 Å². The lowest BCUT2D eigenvalue weighted by Crippen LogP contribution is -2.27. The molecular formula is C10H18N2O4. The first-order valence-corrected chi connectivity index (χ1v) is 5.31. The predicted molar refractivity (Wildman–Crippen MR) is 57.8 cm³/mol. The third kappa shape index (κ3) is 8.98. The summed E-state index contributed by atoms with van der Waals surface area (Å²) in [7, 11) is 0. The molecule has 6 nitrogen and oxygen atoms in total. The molecule has 0 radical (unpaired) electrons. The molecule has 0 aromatic heterocycles. The first kappa shape index (κ1) is 14.4. The number of hydrogen-bond donors (Lipinski definition) is 3. The summed E-state index contributed by atoms with van der Waals surface area (Å²) in [6.45, 7) is 2.55. The van der Waals surface area contributed by atoms with Crippen LogP contribution in [-0.4, -0.2) is 36.0 Å². The Hall–Kier alpha value is -1.59. The van der Waals surface area contributed by atoms with Gasteiger partial charge >= 0.3 is 5.97 Å². The highest BCUT2D eigenvalue weighted by Gasteiger charge is 2.04. The molecule has 0 atom stereocenters. The molecule has 0 saturated heterocycles. The van der Waals surface area contributed by atoms with E-state index in [0.29, 0.717) is 19.4 Å². The Morgan fingerprint density at radius 2 is 1.56 bits per heavy atom. The van der Waals surface area contributed by atoms with Gasteiger partial charge in [-0.3, -0.25) is 14.4 Å². The molecule has 0 aliphatic rings. The van der Waals surface area contributed by atoms with E-state index in [1.54, 1.807) is 0 Å². The van der Waals surface area contributed by atoms with Gasteiger partial charge < -0.3 is 15.7 Å². The van der Waals surface area contributed by atoms with Gasteiger partial charge in [-0.25, -0.2) is 0 Å². The van der Waals surface area contributed by atoms with Gasteiger partial charge in [-0.1, -0.05) is 0 Å². The highest BCUT2D eigenvalue weighted by Crippen LogP contribution is 1.95. The van der Waals surface area contributed by atoms with Gasteiger partial charge in [0, 0.05) is 25.9 Å². The SMILES string of the molecule is CCNC(=O)CCCC(=O)NCCC(=O)O. The molecule has 0 fully saturated rings. The second kappa shape index (κ2) is 8.70. The number of carboxylic acid groups (broad SMARTS) is 1. The summed E-state index contributed by atoms with van der Waals surface area (Å²) in [5.41, 5.74) is 0. The first-order chi connectivity index (χ1) is 7.56. The summed E-state index contributed by atoms with van der Waals surface area (Å²) in [6.07, 6.45) is 0.962. The normalized spacial score (nSPS) is 9.56. The molecule has 0 spiro atoms. The van der Waals surface area contributed by atoms with Crippen LogP contribution in [0.4, 0.5) is 0 Å². The maximum absolute atomic E-state index is 11.1. The third-order valence-corrected chi connectivity index (χ3v) is 1.84. The van der Waals surface area contributed by atoms with Crippen LogP contribution < -0.4 is 10.6 Å². The number of rotatable bonds is 8. The van der Waals surface area contributed by atoms with Gasteiger partial charge in [0.25, 0.3) is 0 Å². The average Bonchev–Trinajstić information content (AvgIpc) is 2.17. The van der Waals surface area contributed by atoms with Crippen LogP contribution in [0.3, 0.4) is 0 Å². The van der Waals surface area contributed by atoms with E-state index in [-0.39, 0.29) is 31.2 Å². The van der Waals surface area contributed by atoms with E-state index in [0.717, 1.165) is 0 Å². The zero-order valence-electron chi connectivity index (χ0n) is 9.41. The first-order valence-electron chi connectivity index (χ1n) is 5.31. The van der Waals surface area contributed by atoms with E-state index < -0.39 is 5.97 Å². The molecule has 2 amide bonds. The molecule has 0 aromatic rings. The standard InChI is InChI=1S/C10H18N2O4/c1-2-11-8(13)4-3-5-9(14)12-7-6-10(15)16/h2-7H2,1H3,(H,11,13)(H,12,14)(H,15,16). The van der Waals surface area contributed by atoms with Crippen molar-refractivity contribution in [3.8, 4) is 0 Å². The molecule has 0 unspecified atom stereocenters. The topological polar surface area (TPSA) is 95.5 Å². The van der Waals surface area contributed by atoms with Crippen molar-refractivity contribution in [1.82, 2.24) is 10.6 Å². The van der Waals surface area contributed by atoms with Crippen LogP contribution in [0.2, 0.25) is 0 Å². The lowest BCUT2D eigenvalue weighted by molar-refractivity contribution is -0.137. The number of carbonyl (C=O) groups is 3. The van der Waals surface area contributed by atoms with Crippen molar-refractivity contribution in [3.63, 3.8) is 0 Å². The van der Waals surface area contributed by atoms with Crippen molar-refractivity contribution in [1.29, 1.82) is 0 Å². The molecule has 16 heavy (non-hydrogen) atoms. The third-order valence-electron chi connectivity index (χ3n) is 1.84. The second-order valence-corrected chi connectivity index (χ2v) is 3.30. The number of aliphatic carboxylic acids is 1. The second-order valence-electron chi connectivity index (χ2n) is 3.30. The van der Waals surface area contributed by atoms with Crippen LogP contribution in [0.15, 0.2) is 0 Å². The molecule has 92 valence electrons. The van der Waals surface area contributed by atoms with Gasteiger partial charge in [-0.15, -0.1) is 0 Å². The summed E-state index contributed by atoms with van der Waals surface area (Å²) in [4.78, 5) is 32.3. The average molecular weight is 230 g/mol. The number of carbonyl (C=O) groups excluding carboxylic acids is 2. The molecule has 6 heteroatoms. The number of carboxylic acids is 1. The molecule has 0 aliphatic heterocycles. The fraction of sp³-hybridized carbons (Fsp3) is 0.700. The largest absolute Gasteiger partial charge is 0.481 e. The summed E-state index contributed by atoms with van der Waals surface area (Å²) in [6, 6.07) is 0. The van der Waals surface area contributed by atoms with Crippen LogP contribution in [0.1, 0.15) is 32.6 Å². The van der Waals surface area contributed by atoms with Crippen LogP contribution in [0, 0.1) is 0 Å². The Bertz CT molecular complexity index is 253. The van der Waals surface area contributed by atoms with Gasteiger partial charge in [0.1, 0.15) is 0 Å². The van der Waals surface area contributed by atoms with Gasteiger partial charge in [0.15, 0.2) is 0 Å². The zero-order chi connectivity index (χ0) is 12.4. The zero-order valence-corrected chi connectivity index (χ0v) is 9.41. The van der Waals surface area contributed by atoms with Crippen molar-refractivity contribution >= 4 is 17.8 Å². The van der Waals surface area contributed by atoms with Crippen molar-refractivity contribution in [3.05, 3.63) is 0 Å². The maximum atomic E-state index is 11.1. The van der Waals surface area contributed by atoms with Gasteiger partial charge in [0.2, 0.25) is 11.8 Å². The fourth-order valence-corrected chi connectivity index (χ4v) is 1.09. The minimum absolute atomic E-state index is 0.0687. The number of amides is 2. The smallest absolute Gasteiger partial charge is 0.305 e. The van der Waals surface area contributed by atoms with Crippen LogP contribution >= 0.6 is 0 Å². The van der Waals surface area contributed by atoms with E-state index in [9.17, 15) is 14.4 Å². The molecule has 0 saturated carbocycles. The Labute approximate surface area is 94.4 Å². The van der Waals surface area contributed by atoms with Crippen molar-refractivity contribution in [2.24, 2.45) is 0 Å². The monoisotopic (exact) mass is 230 g/mol. The Morgan fingerprint density at radius 1 is 1.00 bits per heavy atom. The quantitative estimate of drug-likeness (QED) is 0.542. The minimum atomic E-state index is -0.942. The highest BCUT2D eigenvalue weighted by molar-refractivity contribution is 5.79. The summed E-state index contributed by atoms with van der Waals surface area (Å²) < 4.78 is 0. The van der Waals surface area contributed by atoms with Crippen molar-refractivity contribution < 1.29 is 19.5 Å². The van der Waals surface area contributed by atoms with E-state index in [2.05, 4.69) is 10.6 Å². The fourth-order valence-electron chi connectivity index (χ4n) is 1.09. The Kier molecular flexibility index (Phi) is 7.83.